The minimum absolute atomic E-state index is 0.0344. The highest BCUT2D eigenvalue weighted by Gasteiger charge is 2.37. The normalized spacial score (nSPS) is 28.9. The van der Waals surface area contributed by atoms with Crippen LogP contribution >= 0.6 is 11.6 Å². The quantitative estimate of drug-likeness (QED) is 0.782. The maximum Gasteiger partial charge on any atom is 0.264 e. The molecule has 0 bridgehead atoms. The fourth-order valence-corrected chi connectivity index (χ4v) is 2.91. The molecule has 4 nitrogen and oxygen atoms in total. The van der Waals surface area contributed by atoms with E-state index in [0.29, 0.717) is 25.5 Å². The Kier molecular flexibility index (Phi) is 3.85. The highest BCUT2D eigenvalue weighted by atomic mass is 35.5. The van der Waals surface area contributed by atoms with Crippen molar-refractivity contribution in [3.05, 3.63) is 29.8 Å². The molecule has 0 radical (unpaired) electrons. The molecule has 2 heterocycles. The summed E-state index contributed by atoms with van der Waals surface area (Å²) in [5.74, 6) is 1.26. The van der Waals surface area contributed by atoms with Crippen LogP contribution in [0, 0.1) is 0 Å². The SMILES string of the molecule is CC1COC(CCl)CN1C(=O)C1Cc2ccccc2O1. The molecule has 2 aliphatic heterocycles. The van der Waals surface area contributed by atoms with Gasteiger partial charge in [-0.15, -0.1) is 11.6 Å². The van der Waals surface area contributed by atoms with Crippen molar-refractivity contribution in [1.82, 2.24) is 4.90 Å². The summed E-state index contributed by atoms with van der Waals surface area (Å²) in [7, 11) is 0. The number of ether oxygens (including phenoxy) is 2. The Morgan fingerprint density at radius 3 is 3.00 bits per heavy atom. The van der Waals surface area contributed by atoms with E-state index in [4.69, 9.17) is 21.1 Å². The standard InChI is InChI=1S/C15H18ClNO3/c1-10-9-19-12(7-16)8-17(10)15(18)14-6-11-4-2-3-5-13(11)20-14/h2-5,10,12,14H,6-9H2,1H3. The van der Waals surface area contributed by atoms with Gasteiger partial charge in [0, 0.05) is 13.0 Å². The van der Waals surface area contributed by atoms with Gasteiger partial charge in [0.1, 0.15) is 5.75 Å². The number of amides is 1. The van der Waals surface area contributed by atoms with E-state index in [1.807, 2.05) is 36.1 Å². The predicted octanol–water partition coefficient (Wildman–Crippen LogP) is 1.84. The lowest BCUT2D eigenvalue weighted by atomic mass is 10.1. The predicted molar refractivity (Wildman–Crippen MR) is 76.2 cm³/mol. The molecule has 20 heavy (non-hydrogen) atoms. The number of para-hydroxylation sites is 1. The zero-order valence-electron chi connectivity index (χ0n) is 11.4. The molecule has 1 aromatic rings. The summed E-state index contributed by atoms with van der Waals surface area (Å²) in [5.41, 5.74) is 1.10. The maximum atomic E-state index is 12.6. The average Bonchev–Trinajstić information content (AvgIpc) is 2.91. The highest BCUT2D eigenvalue weighted by molar-refractivity contribution is 6.18. The van der Waals surface area contributed by atoms with Crippen LogP contribution in [0.25, 0.3) is 0 Å². The van der Waals surface area contributed by atoms with Crippen molar-refractivity contribution in [3.63, 3.8) is 0 Å². The second kappa shape index (κ2) is 5.62. The Morgan fingerprint density at radius 1 is 1.45 bits per heavy atom. The molecule has 3 rings (SSSR count). The zero-order valence-corrected chi connectivity index (χ0v) is 12.2. The Bertz CT molecular complexity index is 483. The van der Waals surface area contributed by atoms with Crippen LogP contribution in [0.15, 0.2) is 24.3 Å². The highest BCUT2D eigenvalue weighted by Crippen LogP contribution is 2.29. The van der Waals surface area contributed by atoms with Crippen molar-refractivity contribution in [2.75, 3.05) is 19.0 Å². The summed E-state index contributed by atoms with van der Waals surface area (Å²) >= 11 is 5.84. The summed E-state index contributed by atoms with van der Waals surface area (Å²) in [6.07, 6.45) is 0.148. The monoisotopic (exact) mass is 295 g/mol. The number of hydrogen-bond acceptors (Lipinski definition) is 3. The first-order valence-corrected chi connectivity index (χ1v) is 7.45. The van der Waals surface area contributed by atoms with Crippen LogP contribution in [0.1, 0.15) is 12.5 Å². The Hall–Kier alpha value is -1.26. The van der Waals surface area contributed by atoms with E-state index in [9.17, 15) is 4.79 Å². The third kappa shape index (κ3) is 2.50. The van der Waals surface area contributed by atoms with Crippen molar-refractivity contribution < 1.29 is 14.3 Å². The number of morpholine rings is 1. The van der Waals surface area contributed by atoms with Crippen LogP contribution in [0.3, 0.4) is 0 Å². The second-order valence-electron chi connectivity index (χ2n) is 5.37. The minimum Gasteiger partial charge on any atom is -0.480 e. The van der Waals surface area contributed by atoms with Crippen molar-refractivity contribution in [1.29, 1.82) is 0 Å². The lowest BCUT2D eigenvalue weighted by Crippen LogP contribution is -2.55. The lowest BCUT2D eigenvalue weighted by molar-refractivity contribution is -0.149. The van der Waals surface area contributed by atoms with Crippen LogP contribution < -0.4 is 4.74 Å². The number of carbonyl (C=O) groups excluding carboxylic acids is 1. The molecule has 3 unspecified atom stereocenters. The van der Waals surface area contributed by atoms with Gasteiger partial charge < -0.3 is 14.4 Å². The second-order valence-corrected chi connectivity index (χ2v) is 5.68. The molecule has 1 amide bonds. The van der Waals surface area contributed by atoms with E-state index in [0.717, 1.165) is 11.3 Å². The molecule has 108 valence electrons. The van der Waals surface area contributed by atoms with E-state index in [1.54, 1.807) is 0 Å². The van der Waals surface area contributed by atoms with Gasteiger partial charge in [0.15, 0.2) is 6.10 Å². The summed E-state index contributed by atoms with van der Waals surface area (Å²) in [6, 6.07) is 7.87. The number of fused-ring (bicyclic) bond motifs is 1. The van der Waals surface area contributed by atoms with Crippen LogP contribution in [0.2, 0.25) is 0 Å². The van der Waals surface area contributed by atoms with E-state index in [-0.39, 0.29) is 18.1 Å². The summed E-state index contributed by atoms with van der Waals surface area (Å²) in [4.78, 5) is 14.5. The van der Waals surface area contributed by atoms with E-state index in [2.05, 4.69) is 0 Å². The Morgan fingerprint density at radius 2 is 2.25 bits per heavy atom. The van der Waals surface area contributed by atoms with Crippen molar-refractivity contribution in [2.45, 2.75) is 31.6 Å². The first-order valence-electron chi connectivity index (χ1n) is 6.91. The van der Waals surface area contributed by atoms with Gasteiger partial charge in [-0.2, -0.15) is 0 Å². The topological polar surface area (TPSA) is 38.8 Å². The molecule has 2 aliphatic rings. The number of alkyl halides is 1. The van der Waals surface area contributed by atoms with Crippen molar-refractivity contribution in [2.24, 2.45) is 0 Å². The van der Waals surface area contributed by atoms with Crippen LogP contribution in [-0.2, 0) is 16.0 Å². The fourth-order valence-electron chi connectivity index (χ4n) is 2.72. The molecule has 0 aromatic heterocycles. The van der Waals surface area contributed by atoms with Crippen molar-refractivity contribution >= 4 is 17.5 Å². The van der Waals surface area contributed by atoms with Crippen molar-refractivity contribution in [3.8, 4) is 5.75 Å². The molecule has 0 saturated carbocycles. The van der Waals surface area contributed by atoms with Crippen LogP contribution in [-0.4, -0.2) is 48.1 Å². The number of rotatable bonds is 2. The van der Waals surface area contributed by atoms with Gasteiger partial charge in [0.05, 0.1) is 24.6 Å². The van der Waals surface area contributed by atoms with Gasteiger partial charge in [-0.1, -0.05) is 18.2 Å². The van der Waals surface area contributed by atoms with E-state index in [1.165, 1.54) is 0 Å². The van der Waals surface area contributed by atoms with Gasteiger partial charge in [0.25, 0.3) is 5.91 Å². The molecule has 3 atom stereocenters. The molecule has 0 N–H and O–H groups in total. The molecule has 5 heteroatoms. The number of halogens is 1. The van der Waals surface area contributed by atoms with E-state index >= 15 is 0 Å². The summed E-state index contributed by atoms with van der Waals surface area (Å²) < 4.78 is 11.4. The fraction of sp³-hybridized carbons (Fsp3) is 0.533. The van der Waals surface area contributed by atoms with Crippen LogP contribution in [0.4, 0.5) is 0 Å². The smallest absolute Gasteiger partial charge is 0.264 e. The van der Waals surface area contributed by atoms with Gasteiger partial charge in [-0.05, 0) is 18.6 Å². The van der Waals surface area contributed by atoms with Gasteiger partial charge in [-0.25, -0.2) is 0 Å². The van der Waals surface area contributed by atoms with Gasteiger partial charge in [-0.3, -0.25) is 4.79 Å². The molecule has 1 aromatic carbocycles. The summed E-state index contributed by atoms with van der Waals surface area (Å²) in [6.45, 7) is 3.06. The number of carbonyl (C=O) groups is 1. The zero-order chi connectivity index (χ0) is 14.1. The summed E-state index contributed by atoms with van der Waals surface area (Å²) in [5, 5.41) is 0. The molecule has 1 saturated heterocycles. The molecular formula is C15H18ClNO3. The largest absolute Gasteiger partial charge is 0.480 e. The third-order valence-corrected chi connectivity index (χ3v) is 4.23. The van der Waals surface area contributed by atoms with E-state index < -0.39 is 6.10 Å². The first-order chi connectivity index (χ1) is 9.69. The molecule has 1 fully saturated rings. The first kappa shape index (κ1) is 13.7. The minimum atomic E-state index is -0.413. The molecule has 0 spiro atoms. The Balaban J connectivity index is 1.70. The number of benzene rings is 1. The van der Waals surface area contributed by atoms with Crippen LogP contribution in [0.5, 0.6) is 5.75 Å². The van der Waals surface area contributed by atoms with Gasteiger partial charge >= 0.3 is 0 Å². The average molecular weight is 296 g/mol. The number of hydrogen-bond donors (Lipinski definition) is 0. The molecular weight excluding hydrogens is 278 g/mol. The third-order valence-electron chi connectivity index (χ3n) is 3.88. The number of nitrogens with zero attached hydrogens (tertiary/aromatic N) is 1. The maximum absolute atomic E-state index is 12.6. The lowest BCUT2D eigenvalue weighted by Gasteiger charge is -2.38. The Labute approximate surface area is 123 Å². The van der Waals surface area contributed by atoms with Gasteiger partial charge in [0.2, 0.25) is 0 Å². The molecule has 0 aliphatic carbocycles.